The van der Waals surface area contributed by atoms with Crippen LogP contribution in [0, 0.1) is 5.82 Å². The van der Waals surface area contributed by atoms with Gasteiger partial charge in [0.25, 0.3) is 0 Å². The maximum Gasteiger partial charge on any atom is 0.233 e. The third-order valence-corrected chi connectivity index (χ3v) is 6.15. The van der Waals surface area contributed by atoms with Crippen molar-refractivity contribution in [1.82, 2.24) is 19.7 Å². The van der Waals surface area contributed by atoms with Crippen molar-refractivity contribution in [3.63, 3.8) is 0 Å². The van der Waals surface area contributed by atoms with Gasteiger partial charge in [0.15, 0.2) is 11.0 Å². The highest BCUT2D eigenvalue weighted by Gasteiger charge is 2.31. The number of hydrogen-bond acceptors (Lipinski definition) is 4. The van der Waals surface area contributed by atoms with E-state index in [9.17, 15) is 9.18 Å². The number of aromatic nitrogens is 3. The standard InChI is InChI=1S/C20H25FN4OS/c21-17-9-5-4-8-16(17)19-22-23-20(25(19)15-10-11-15)27-14-18(26)24-12-6-2-1-3-7-13-24/h4-5,8-9,15H,1-3,6-7,10-14H2. The predicted octanol–water partition coefficient (Wildman–Crippen LogP) is 4.30. The Morgan fingerprint density at radius 3 is 2.48 bits per heavy atom. The van der Waals surface area contributed by atoms with Gasteiger partial charge in [-0.3, -0.25) is 9.36 Å². The summed E-state index contributed by atoms with van der Waals surface area (Å²) in [6.45, 7) is 1.71. The minimum atomic E-state index is -0.292. The Morgan fingerprint density at radius 2 is 1.78 bits per heavy atom. The van der Waals surface area contributed by atoms with Gasteiger partial charge >= 0.3 is 0 Å². The van der Waals surface area contributed by atoms with Crippen LogP contribution in [0.2, 0.25) is 0 Å². The average Bonchev–Trinajstić information content (AvgIpc) is 3.39. The van der Waals surface area contributed by atoms with Crippen LogP contribution in [0.15, 0.2) is 29.4 Å². The Labute approximate surface area is 163 Å². The summed E-state index contributed by atoms with van der Waals surface area (Å²) < 4.78 is 16.2. The number of rotatable bonds is 5. The molecule has 0 bridgehead atoms. The molecule has 4 rings (SSSR count). The lowest BCUT2D eigenvalue weighted by Crippen LogP contribution is -2.35. The quantitative estimate of drug-likeness (QED) is 0.717. The molecular formula is C20H25FN4OS. The van der Waals surface area contributed by atoms with Crippen LogP contribution in [-0.2, 0) is 4.79 Å². The van der Waals surface area contributed by atoms with Crippen molar-refractivity contribution >= 4 is 17.7 Å². The molecule has 1 amide bonds. The minimum Gasteiger partial charge on any atom is -0.342 e. The molecule has 1 saturated heterocycles. The Hall–Kier alpha value is -1.89. The number of carbonyl (C=O) groups excluding carboxylic acids is 1. The van der Waals surface area contributed by atoms with Crippen LogP contribution in [0.3, 0.4) is 0 Å². The zero-order valence-electron chi connectivity index (χ0n) is 15.4. The third-order valence-electron chi connectivity index (χ3n) is 5.22. The molecule has 5 nitrogen and oxygen atoms in total. The van der Waals surface area contributed by atoms with Gasteiger partial charge in [-0.15, -0.1) is 10.2 Å². The molecule has 2 heterocycles. The molecule has 0 radical (unpaired) electrons. The largest absolute Gasteiger partial charge is 0.342 e. The molecule has 2 aromatic rings. The molecule has 0 unspecified atom stereocenters. The smallest absolute Gasteiger partial charge is 0.233 e. The van der Waals surface area contributed by atoms with E-state index in [4.69, 9.17) is 0 Å². The van der Waals surface area contributed by atoms with Gasteiger partial charge in [0.05, 0.1) is 11.3 Å². The minimum absolute atomic E-state index is 0.166. The van der Waals surface area contributed by atoms with Crippen molar-refractivity contribution in [3.05, 3.63) is 30.1 Å². The van der Waals surface area contributed by atoms with Gasteiger partial charge in [-0.1, -0.05) is 43.2 Å². The van der Waals surface area contributed by atoms with E-state index in [1.54, 1.807) is 12.1 Å². The Morgan fingerprint density at radius 1 is 1.07 bits per heavy atom. The maximum absolute atomic E-state index is 14.2. The van der Waals surface area contributed by atoms with Crippen molar-refractivity contribution < 1.29 is 9.18 Å². The SMILES string of the molecule is O=C(CSc1nnc(-c2ccccc2F)n1C1CC1)N1CCCCCCC1. The average molecular weight is 389 g/mol. The number of hydrogen-bond donors (Lipinski definition) is 0. The Kier molecular flexibility index (Phi) is 5.76. The summed E-state index contributed by atoms with van der Waals surface area (Å²) in [4.78, 5) is 14.6. The highest BCUT2D eigenvalue weighted by atomic mass is 32.2. The molecule has 144 valence electrons. The summed E-state index contributed by atoms with van der Waals surface area (Å²) in [6.07, 6.45) is 7.97. The molecular weight excluding hydrogens is 363 g/mol. The van der Waals surface area contributed by atoms with Crippen molar-refractivity contribution in [2.75, 3.05) is 18.8 Å². The number of likely N-dealkylation sites (tertiary alicyclic amines) is 1. The van der Waals surface area contributed by atoms with E-state index in [1.165, 1.54) is 37.1 Å². The van der Waals surface area contributed by atoms with Crippen LogP contribution >= 0.6 is 11.8 Å². The van der Waals surface area contributed by atoms with Gasteiger partial charge in [0.2, 0.25) is 5.91 Å². The Bertz CT molecular complexity index is 797. The Balaban J connectivity index is 1.48. The van der Waals surface area contributed by atoms with Crippen LogP contribution in [0.4, 0.5) is 4.39 Å². The van der Waals surface area contributed by atoms with E-state index in [1.807, 2.05) is 15.5 Å². The van der Waals surface area contributed by atoms with Gasteiger partial charge < -0.3 is 4.90 Å². The second-order valence-corrected chi connectivity index (χ2v) is 8.27. The van der Waals surface area contributed by atoms with E-state index in [2.05, 4.69) is 10.2 Å². The molecule has 1 aliphatic heterocycles. The summed E-state index contributed by atoms with van der Waals surface area (Å²) in [6, 6.07) is 6.98. The summed E-state index contributed by atoms with van der Waals surface area (Å²) in [5.41, 5.74) is 0.471. The normalized spacial score (nSPS) is 18.2. The number of nitrogens with zero attached hydrogens (tertiary/aromatic N) is 4. The molecule has 1 aliphatic carbocycles. The topological polar surface area (TPSA) is 51.0 Å². The summed E-state index contributed by atoms with van der Waals surface area (Å²) in [5.74, 6) is 0.804. The highest BCUT2D eigenvalue weighted by Crippen LogP contribution is 2.41. The fourth-order valence-electron chi connectivity index (χ4n) is 3.58. The van der Waals surface area contributed by atoms with E-state index in [0.29, 0.717) is 23.2 Å². The molecule has 2 aliphatic rings. The summed E-state index contributed by atoms with van der Waals surface area (Å²) in [5, 5.41) is 9.26. The number of halogens is 1. The lowest BCUT2D eigenvalue weighted by Gasteiger charge is -2.24. The van der Waals surface area contributed by atoms with Crippen molar-refractivity contribution in [3.8, 4) is 11.4 Å². The number of benzene rings is 1. The van der Waals surface area contributed by atoms with Gasteiger partial charge in [0, 0.05) is 19.1 Å². The molecule has 2 fully saturated rings. The van der Waals surface area contributed by atoms with Crippen LogP contribution < -0.4 is 0 Å². The van der Waals surface area contributed by atoms with Crippen LogP contribution in [0.5, 0.6) is 0 Å². The second-order valence-electron chi connectivity index (χ2n) is 7.32. The van der Waals surface area contributed by atoms with Crippen LogP contribution in [-0.4, -0.2) is 44.4 Å². The maximum atomic E-state index is 14.2. The first-order valence-electron chi connectivity index (χ1n) is 9.84. The first-order valence-corrected chi connectivity index (χ1v) is 10.8. The lowest BCUT2D eigenvalue weighted by atomic mass is 10.1. The van der Waals surface area contributed by atoms with E-state index in [-0.39, 0.29) is 11.7 Å². The molecule has 1 saturated carbocycles. The molecule has 1 aromatic heterocycles. The molecule has 0 N–H and O–H groups in total. The highest BCUT2D eigenvalue weighted by molar-refractivity contribution is 7.99. The fraction of sp³-hybridized carbons (Fsp3) is 0.550. The summed E-state index contributed by atoms with van der Waals surface area (Å²) in [7, 11) is 0. The second kappa shape index (κ2) is 8.42. The lowest BCUT2D eigenvalue weighted by molar-refractivity contribution is -0.128. The van der Waals surface area contributed by atoms with E-state index in [0.717, 1.165) is 43.9 Å². The number of amides is 1. The van der Waals surface area contributed by atoms with Crippen molar-refractivity contribution in [2.24, 2.45) is 0 Å². The van der Waals surface area contributed by atoms with Gasteiger partial charge in [-0.05, 0) is 37.8 Å². The zero-order valence-corrected chi connectivity index (χ0v) is 16.3. The van der Waals surface area contributed by atoms with Crippen LogP contribution in [0.25, 0.3) is 11.4 Å². The monoisotopic (exact) mass is 388 g/mol. The van der Waals surface area contributed by atoms with Gasteiger partial charge in [-0.2, -0.15) is 0 Å². The molecule has 1 aromatic carbocycles. The van der Waals surface area contributed by atoms with Crippen LogP contribution in [0.1, 0.15) is 51.0 Å². The molecule has 7 heteroatoms. The number of thioether (sulfide) groups is 1. The van der Waals surface area contributed by atoms with Crippen molar-refractivity contribution in [2.45, 2.75) is 56.1 Å². The van der Waals surface area contributed by atoms with E-state index < -0.39 is 0 Å². The van der Waals surface area contributed by atoms with E-state index >= 15 is 0 Å². The van der Waals surface area contributed by atoms with Gasteiger partial charge in [-0.25, -0.2) is 4.39 Å². The van der Waals surface area contributed by atoms with Crippen molar-refractivity contribution in [1.29, 1.82) is 0 Å². The van der Waals surface area contributed by atoms with Gasteiger partial charge in [0.1, 0.15) is 5.82 Å². The molecule has 0 spiro atoms. The third kappa shape index (κ3) is 4.34. The number of carbonyl (C=O) groups is 1. The molecule has 0 atom stereocenters. The first kappa shape index (κ1) is 18.5. The molecule has 27 heavy (non-hydrogen) atoms. The summed E-state index contributed by atoms with van der Waals surface area (Å²) >= 11 is 1.43. The first-order chi connectivity index (χ1) is 13.2. The predicted molar refractivity (Wildman–Crippen MR) is 104 cm³/mol. The zero-order chi connectivity index (χ0) is 18.6. The fourth-order valence-corrected chi connectivity index (χ4v) is 4.49.